The Labute approximate surface area is 93.7 Å². The van der Waals surface area contributed by atoms with Crippen molar-refractivity contribution in [3.8, 4) is 5.75 Å². The lowest BCUT2D eigenvalue weighted by Crippen LogP contribution is -2.34. The van der Waals surface area contributed by atoms with Crippen molar-refractivity contribution in [2.24, 2.45) is 0 Å². The number of ether oxygens (including phenoxy) is 1. The third kappa shape index (κ3) is 2.81. The van der Waals surface area contributed by atoms with Crippen molar-refractivity contribution in [2.75, 3.05) is 19.8 Å². The highest BCUT2D eigenvalue weighted by Crippen LogP contribution is 2.26. The van der Waals surface area contributed by atoms with Gasteiger partial charge in [-0.15, -0.1) is 12.4 Å². The lowest BCUT2D eigenvalue weighted by atomic mass is 10.1. The van der Waals surface area contributed by atoms with Gasteiger partial charge in [0.15, 0.2) is 0 Å². The molecule has 1 aromatic carbocycles. The van der Waals surface area contributed by atoms with Crippen LogP contribution in [0.25, 0.3) is 0 Å². The average Bonchev–Trinajstić information content (AvgIpc) is 2.23. The molecule has 1 aromatic rings. The lowest BCUT2D eigenvalue weighted by molar-refractivity contribution is 0.0760. The molecule has 1 aliphatic rings. The van der Waals surface area contributed by atoms with E-state index < -0.39 is 0 Å². The minimum absolute atomic E-state index is 0. The first-order chi connectivity index (χ1) is 6.77. The lowest BCUT2D eigenvalue weighted by Gasteiger charge is -2.24. The summed E-state index contributed by atoms with van der Waals surface area (Å²) in [6.45, 7) is 1.85. The molecule has 1 fully saturated rings. The van der Waals surface area contributed by atoms with E-state index in [0.717, 1.165) is 6.54 Å². The van der Waals surface area contributed by atoms with Crippen molar-refractivity contribution in [2.45, 2.75) is 6.04 Å². The van der Waals surface area contributed by atoms with Crippen LogP contribution in [0, 0.1) is 5.82 Å². The Kier molecular flexibility index (Phi) is 4.32. The van der Waals surface area contributed by atoms with Crippen LogP contribution in [0.1, 0.15) is 11.6 Å². The number of hydrogen-bond donors (Lipinski definition) is 2. The molecule has 0 spiro atoms. The van der Waals surface area contributed by atoms with E-state index in [2.05, 4.69) is 5.32 Å². The van der Waals surface area contributed by atoms with E-state index in [1.165, 1.54) is 18.2 Å². The van der Waals surface area contributed by atoms with Crippen LogP contribution in [0.5, 0.6) is 5.75 Å². The molecule has 0 unspecified atom stereocenters. The molecule has 0 amide bonds. The number of rotatable bonds is 1. The Bertz CT molecular complexity index is 329. The minimum Gasteiger partial charge on any atom is -0.508 e. The number of phenols is 1. The van der Waals surface area contributed by atoms with E-state index in [1.54, 1.807) is 0 Å². The maximum atomic E-state index is 12.9. The fourth-order valence-corrected chi connectivity index (χ4v) is 1.57. The smallest absolute Gasteiger partial charge is 0.123 e. The second-order valence-electron chi connectivity index (χ2n) is 3.28. The third-order valence-corrected chi connectivity index (χ3v) is 2.29. The molecule has 5 heteroatoms. The van der Waals surface area contributed by atoms with Crippen LogP contribution in [0.2, 0.25) is 0 Å². The van der Waals surface area contributed by atoms with Crippen molar-refractivity contribution in [1.82, 2.24) is 5.32 Å². The summed E-state index contributed by atoms with van der Waals surface area (Å²) < 4.78 is 18.2. The molecule has 0 aromatic heterocycles. The highest BCUT2D eigenvalue weighted by Gasteiger charge is 2.18. The summed E-state index contributed by atoms with van der Waals surface area (Å²) in [5, 5.41) is 12.7. The molecule has 0 saturated carbocycles. The van der Waals surface area contributed by atoms with Crippen LogP contribution in [-0.2, 0) is 4.74 Å². The van der Waals surface area contributed by atoms with Crippen molar-refractivity contribution in [1.29, 1.82) is 0 Å². The van der Waals surface area contributed by atoms with Crippen LogP contribution >= 0.6 is 12.4 Å². The Hall–Kier alpha value is -0.840. The van der Waals surface area contributed by atoms with Crippen molar-refractivity contribution < 1.29 is 14.2 Å². The zero-order chi connectivity index (χ0) is 9.97. The zero-order valence-electron chi connectivity index (χ0n) is 8.07. The molecular weight excluding hydrogens is 221 g/mol. The summed E-state index contributed by atoms with van der Waals surface area (Å²) in [6.07, 6.45) is 0. The van der Waals surface area contributed by atoms with Crippen LogP contribution < -0.4 is 5.32 Å². The summed E-state index contributed by atoms with van der Waals surface area (Å²) in [7, 11) is 0. The predicted octanol–water partition coefficient (Wildman–Crippen LogP) is 1.61. The fraction of sp³-hybridized carbons (Fsp3) is 0.400. The number of phenolic OH excluding ortho intramolecular Hbond substituents is 1. The summed E-state index contributed by atoms with van der Waals surface area (Å²) in [4.78, 5) is 0. The molecule has 0 radical (unpaired) electrons. The Morgan fingerprint density at radius 2 is 2.27 bits per heavy atom. The van der Waals surface area contributed by atoms with Gasteiger partial charge in [-0.2, -0.15) is 0 Å². The van der Waals surface area contributed by atoms with E-state index in [0.29, 0.717) is 18.8 Å². The maximum Gasteiger partial charge on any atom is 0.123 e. The highest BCUT2D eigenvalue weighted by molar-refractivity contribution is 5.85. The van der Waals surface area contributed by atoms with Gasteiger partial charge in [0.1, 0.15) is 11.6 Å². The van der Waals surface area contributed by atoms with Crippen LogP contribution in [0.3, 0.4) is 0 Å². The average molecular weight is 234 g/mol. The minimum atomic E-state index is -0.342. The quantitative estimate of drug-likeness (QED) is 0.775. The number of aromatic hydroxyl groups is 1. The van der Waals surface area contributed by atoms with E-state index in [4.69, 9.17) is 4.74 Å². The Morgan fingerprint density at radius 3 is 2.93 bits per heavy atom. The van der Waals surface area contributed by atoms with Crippen molar-refractivity contribution >= 4 is 12.4 Å². The molecular formula is C10H13ClFNO2. The largest absolute Gasteiger partial charge is 0.508 e. The molecule has 2 rings (SSSR count). The van der Waals surface area contributed by atoms with Gasteiger partial charge in [0, 0.05) is 12.1 Å². The molecule has 0 aliphatic carbocycles. The van der Waals surface area contributed by atoms with Gasteiger partial charge in [0.25, 0.3) is 0 Å². The van der Waals surface area contributed by atoms with Gasteiger partial charge >= 0.3 is 0 Å². The SMILES string of the molecule is Cl.Oc1ccc(F)cc1[C@H]1COCCN1. The van der Waals surface area contributed by atoms with Crippen molar-refractivity contribution in [3.05, 3.63) is 29.6 Å². The van der Waals surface area contributed by atoms with Gasteiger partial charge in [0.2, 0.25) is 0 Å². The van der Waals surface area contributed by atoms with E-state index in [9.17, 15) is 9.50 Å². The monoisotopic (exact) mass is 233 g/mol. The molecule has 2 N–H and O–H groups in total. The fourth-order valence-electron chi connectivity index (χ4n) is 1.57. The van der Waals surface area contributed by atoms with Crippen molar-refractivity contribution in [3.63, 3.8) is 0 Å². The second-order valence-corrected chi connectivity index (χ2v) is 3.28. The van der Waals surface area contributed by atoms with Crippen LogP contribution in [0.15, 0.2) is 18.2 Å². The van der Waals surface area contributed by atoms with Gasteiger partial charge in [-0.1, -0.05) is 0 Å². The number of halogens is 2. The van der Waals surface area contributed by atoms with Gasteiger partial charge in [-0.3, -0.25) is 0 Å². The molecule has 15 heavy (non-hydrogen) atoms. The normalized spacial score (nSPS) is 20.7. The zero-order valence-corrected chi connectivity index (χ0v) is 8.89. The molecule has 1 saturated heterocycles. The summed E-state index contributed by atoms with van der Waals surface area (Å²) >= 11 is 0. The summed E-state index contributed by atoms with van der Waals surface area (Å²) in [6, 6.07) is 3.82. The summed E-state index contributed by atoms with van der Waals surface area (Å²) in [5.41, 5.74) is 0.560. The topological polar surface area (TPSA) is 41.5 Å². The highest BCUT2D eigenvalue weighted by atomic mass is 35.5. The summed E-state index contributed by atoms with van der Waals surface area (Å²) in [5.74, 6) is -0.237. The Morgan fingerprint density at radius 1 is 1.47 bits per heavy atom. The first-order valence-corrected chi connectivity index (χ1v) is 4.57. The number of nitrogens with one attached hydrogen (secondary N) is 1. The van der Waals surface area contributed by atoms with E-state index in [1.807, 2.05) is 0 Å². The number of benzene rings is 1. The third-order valence-electron chi connectivity index (χ3n) is 2.29. The molecule has 1 heterocycles. The molecule has 0 bridgehead atoms. The first-order valence-electron chi connectivity index (χ1n) is 4.57. The molecule has 1 aliphatic heterocycles. The second kappa shape index (κ2) is 5.30. The first kappa shape index (κ1) is 12.2. The number of morpholine rings is 1. The van der Waals surface area contributed by atoms with Crippen LogP contribution in [-0.4, -0.2) is 24.9 Å². The van der Waals surface area contributed by atoms with Gasteiger partial charge < -0.3 is 15.2 Å². The van der Waals surface area contributed by atoms with Gasteiger partial charge in [-0.05, 0) is 18.2 Å². The van der Waals surface area contributed by atoms with Crippen LogP contribution in [0.4, 0.5) is 4.39 Å². The van der Waals surface area contributed by atoms with Gasteiger partial charge in [-0.25, -0.2) is 4.39 Å². The van der Waals surface area contributed by atoms with E-state index in [-0.39, 0.29) is 30.0 Å². The molecule has 3 nitrogen and oxygen atoms in total. The molecule has 84 valence electrons. The molecule has 1 atom stereocenters. The predicted molar refractivity (Wildman–Crippen MR) is 56.9 cm³/mol. The standard InChI is InChI=1S/C10H12FNO2.ClH/c11-7-1-2-10(13)8(5-7)9-6-14-4-3-12-9;/h1-2,5,9,12-13H,3-4,6H2;1H/t9-;/m1./s1. The maximum absolute atomic E-state index is 12.9. The van der Waals surface area contributed by atoms with Gasteiger partial charge in [0.05, 0.1) is 19.3 Å². The number of hydrogen-bond acceptors (Lipinski definition) is 3. The Balaban J connectivity index is 0.00000112. The van der Waals surface area contributed by atoms with E-state index >= 15 is 0 Å².